The number of halogens is 1. The molecule has 5 nitrogen and oxygen atoms in total. The Kier molecular flexibility index (Phi) is 5.13. The molecule has 0 aliphatic carbocycles. The first-order valence-electron chi connectivity index (χ1n) is 7.84. The minimum Gasteiger partial charge on any atom is -0.363 e. The Bertz CT molecular complexity index is 750. The molecule has 0 aromatic carbocycles. The van der Waals surface area contributed by atoms with Gasteiger partial charge in [0.1, 0.15) is 22.8 Å². The largest absolute Gasteiger partial charge is 0.363 e. The van der Waals surface area contributed by atoms with E-state index >= 15 is 0 Å². The Morgan fingerprint density at radius 3 is 2.96 bits per heavy atom. The number of likely N-dealkylation sites (tertiary alicyclic amines) is 1. The normalized spacial score (nSPS) is 21.1. The third kappa shape index (κ3) is 3.58. The number of hydrogen-bond donors (Lipinski definition) is 0. The van der Waals surface area contributed by atoms with Crippen LogP contribution < -0.4 is 4.90 Å². The molecule has 3 rings (SSSR count). The van der Waals surface area contributed by atoms with Gasteiger partial charge >= 0.3 is 0 Å². The van der Waals surface area contributed by atoms with Crippen molar-refractivity contribution in [3.05, 3.63) is 27.3 Å². The van der Waals surface area contributed by atoms with Crippen LogP contribution in [0.3, 0.4) is 0 Å². The van der Waals surface area contributed by atoms with E-state index in [9.17, 15) is 9.65 Å². The van der Waals surface area contributed by atoms with Crippen LogP contribution in [0, 0.1) is 25.2 Å². The first kappa shape index (κ1) is 17.3. The summed E-state index contributed by atoms with van der Waals surface area (Å²) < 4.78 is 18.3. The number of rotatable bonds is 5. The van der Waals surface area contributed by atoms with E-state index < -0.39 is 6.17 Å². The van der Waals surface area contributed by atoms with Crippen molar-refractivity contribution in [1.29, 1.82) is 5.26 Å². The standard InChI is InChI=1S/C16H20FN5S2/c1-10-15(5-18)16(24-20-10)21(3)8-14-4-12(17)6-22(14)7-13-9-23-11(2)19-13/h9,12,14H,4,6-8H2,1-3H3/t12-,14-/m0/s1. The summed E-state index contributed by atoms with van der Waals surface area (Å²) in [5, 5.41) is 13.2. The zero-order valence-electron chi connectivity index (χ0n) is 14.0. The van der Waals surface area contributed by atoms with Crippen LogP contribution in [-0.2, 0) is 6.54 Å². The summed E-state index contributed by atoms with van der Waals surface area (Å²) in [7, 11) is 1.95. The maximum Gasteiger partial charge on any atom is 0.130 e. The van der Waals surface area contributed by atoms with Crippen LogP contribution in [0.5, 0.6) is 0 Å². The Balaban J connectivity index is 1.71. The lowest BCUT2D eigenvalue weighted by molar-refractivity contribution is 0.235. The highest BCUT2D eigenvalue weighted by Gasteiger charge is 2.33. The van der Waals surface area contributed by atoms with Crippen molar-refractivity contribution in [3.8, 4) is 6.07 Å². The number of thiazole rings is 1. The van der Waals surface area contributed by atoms with Gasteiger partial charge < -0.3 is 4.90 Å². The molecule has 0 saturated carbocycles. The second-order valence-corrected chi connectivity index (χ2v) is 8.03. The SMILES string of the molecule is Cc1nc(CN2C[C@@H](F)C[C@H]2CN(C)c2snc(C)c2C#N)cs1. The second-order valence-electron chi connectivity index (χ2n) is 6.21. The Morgan fingerprint density at radius 1 is 1.50 bits per heavy atom. The number of aromatic nitrogens is 2. The molecule has 1 aliphatic heterocycles. The van der Waals surface area contributed by atoms with Gasteiger partial charge in [-0.15, -0.1) is 11.3 Å². The van der Waals surface area contributed by atoms with Gasteiger partial charge in [-0.25, -0.2) is 9.37 Å². The smallest absolute Gasteiger partial charge is 0.130 e. The maximum atomic E-state index is 14.0. The number of aryl methyl sites for hydroxylation is 2. The van der Waals surface area contributed by atoms with E-state index in [1.807, 2.05) is 31.2 Å². The third-order valence-corrected chi connectivity index (χ3v) is 6.17. The summed E-state index contributed by atoms with van der Waals surface area (Å²) in [5.74, 6) is 0. The zero-order chi connectivity index (χ0) is 17.3. The molecule has 8 heteroatoms. The molecule has 1 aliphatic rings. The van der Waals surface area contributed by atoms with Crippen molar-refractivity contribution >= 4 is 27.9 Å². The quantitative estimate of drug-likeness (QED) is 0.815. The fraction of sp³-hybridized carbons (Fsp3) is 0.562. The van der Waals surface area contributed by atoms with E-state index in [2.05, 4.69) is 20.3 Å². The van der Waals surface area contributed by atoms with Crippen molar-refractivity contribution in [3.63, 3.8) is 0 Å². The molecule has 0 N–H and O–H groups in total. The van der Waals surface area contributed by atoms with E-state index in [4.69, 9.17) is 0 Å². The van der Waals surface area contributed by atoms with Crippen molar-refractivity contribution in [1.82, 2.24) is 14.3 Å². The van der Waals surface area contributed by atoms with Gasteiger partial charge in [0.15, 0.2) is 0 Å². The average Bonchev–Trinajstić information content (AvgIpc) is 3.19. The lowest BCUT2D eigenvalue weighted by Gasteiger charge is -2.28. The lowest BCUT2D eigenvalue weighted by atomic mass is 10.2. The highest BCUT2D eigenvalue weighted by atomic mass is 32.1. The fourth-order valence-electron chi connectivity index (χ4n) is 3.14. The predicted molar refractivity (Wildman–Crippen MR) is 95.4 cm³/mol. The summed E-state index contributed by atoms with van der Waals surface area (Å²) in [6.07, 6.45) is -0.283. The monoisotopic (exact) mass is 365 g/mol. The van der Waals surface area contributed by atoms with Gasteiger partial charge in [0.25, 0.3) is 0 Å². The lowest BCUT2D eigenvalue weighted by Crippen LogP contribution is -2.38. The molecule has 24 heavy (non-hydrogen) atoms. The van der Waals surface area contributed by atoms with Crippen LogP contribution in [0.15, 0.2) is 5.38 Å². The molecule has 2 aromatic rings. The average molecular weight is 366 g/mol. The molecule has 0 spiro atoms. The topological polar surface area (TPSA) is 56.1 Å². The number of anilines is 1. The van der Waals surface area contributed by atoms with Crippen molar-refractivity contribution in [2.75, 3.05) is 25.0 Å². The molecule has 0 unspecified atom stereocenters. The fourth-order valence-corrected chi connectivity index (χ4v) is 4.56. The van der Waals surface area contributed by atoms with Gasteiger partial charge in [0.05, 0.1) is 16.4 Å². The summed E-state index contributed by atoms with van der Waals surface area (Å²) in [5.41, 5.74) is 2.39. The van der Waals surface area contributed by atoms with Gasteiger partial charge in [-0.2, -0.15) is 9.64 Å². The first-order chi connectivity index (χ1) is 11.5. The molecule has 2 atom stereocenters. The van der Waals surface area contributed by atoms with Crippen LogP contribution in [0.2, 0.25) is 0 Å². The Hall–Kier alpha value is -1.56. The highest BCUT2D eigenvalue weighted by Crippen LogP contribution is 2.30. The molecule has 2 aromatic heterocycles. The number of hydrogen-bond acceptors (Lipinski definition) is 7. The zero-order valence-corrected chi connectivity index (χ0v) is 15.6. The van der Waals surface area contributed by atoms with Crippen LogP contribution in [0.25, 0.3) is 0 Å². The van der Waals surface area contributed by atoms with Gasteiger partial charge in [0, 0.05) is 38.1 Å². The molecule has 0 amide bonds. The van der Waals surface area contributed by atoms with Crippen molar-refractivity contribution < 1.29 is 4.39 Å². The maximum absolute atomic E-state index is 14.0. The Labute approximate surface area is 149 Å². The van der Waals surface area contributed by atoms with E-state index in [1.165, 1.54) is 11.5 Å². The predicted octanol–water partition coefficient (Wildman–Crippen LogP) is 3.14. The number of alkyl halides is 1. The summed E-state index contributed by atoms with van der Waals surface area (Å²) in [6, 6.07) is 2.33. The number of nitriles is 1. The summed E-state index contributed by atoms with van der Waals surface area (Å²) in [6.45, 7) is 5.63. The Morgan fingerprint density at radius 2 is 2.29 bits per heavy atom. The first-order valence-corrected chi connectivity index (χ1v) is 9.50. The van der Waals surface area contributed by atoms with Gasteiger partial charge in [0.2, 0.25) is 0 Å². The molecule has 3 heterocycles. The molecule has 0 bridgehead atoms. The molecule has 1 saturated heterocycles. The minimum atomic E-state index is -0.804. The summed E-state index contributed by atoms with van der Waals surface area (Å²) in [4.78, 5) is 8.69. The highest BCUT2D eigenvalue weighted by molar-refractivity contribution is 7.10. The van der Waals surface area contributed by atoms with Crippen LogP contribution in [-0.4, -0.2) is 46.6 Å². The van der Waals surface area contributed by atoms with Crippen molar-refractivity contribution in [2.24, 2.45) is 0 Å². The number of nitrogens with zero attached hydrogens (tertiary/aromatic N) is 5. The molecule has 0 radical (unpaired) electrons. The van der Waals surface area contributed by atoms with Crippen LogP contribution in [0.4, 0.5) is 9.39 Å². The molecule has 128 valence electrons. The van der Waals surface area contributed by atoms with E-state index in [1.54, 1.807) is 11.3 Å². The second kappa shape index (κ2) is 7.13. The van der Waals surface area contributed by atoms with Gasteiger partial charge in [-0.3, -0.25) is 4.90 Å². The third-order valence-electron chi connectivity index (χ3n) is 4.30. The van der Waals surface area contributed by atoms with Gasteiger partial charge in [-0.1, -0.05) is 0 Å². The van der Waals surface area contributed by atoms with E-state index in [0.29, 0.717) is 31.6 Å². The van der Waals surface area contributed by atoms with Gasteiger partial charge in [-0.05, 0) is 31.8 Å². The minimum absolute atomic E-state index is 0.112. The molecular weight excluding hydrogens is 345 g/mol. The van der Waals surface area contributed by atoms with Crippen LogP contribution >= 0.6 is 22.9 Å². The van der Waals surface area contributed by atoms with E-state index in [-0.39, 0.29) is 6.04 Å². The van der Waals surface area contributed by atoms with Crippen LogP contribution in [0.1, 0.15) is 28.4 Å². The molecule has 1 fully saturated rings. The summed E-state index contributed by atoms with van der Waals surface area (Å²) >= 11 is 2.96. The molecular formula is C16H20FN5S2. The number of likely N-dealkylation sites (N-methyl/N-ethyl adjacent to an activating group) is 1. The van der Waals surface area contributed by atoms with Crippen molar-refractivity contribution in [2.45, 2.75) is 39.0 Å². The van der Waals surface area contributed by atoms with E-state index in [0.717, 1.165) is 21.4 Å².